The fraction of sp³-hybridized carbons (Fsp3) is 0.769. The number of nitrogens with zero attached hydrogens (tertiary/aromatic N) is 2. The Morgan fingerprint density at radius 1 is 1.44 bits per heavy atom. The molecule has 0 N–H and O–H groups in total. The summed E-state index contributed by atoms with van der Waals surface area (Å²) in [4.78, 5) is 15.5. The maximum absolute atomic E-state index is 11.2. The number of carbonyl (C=O) groups excluding carboxylic acids is 1. The minimum Gasteiger partial charge on any atom is -0.339 e. The lowest BCUT2D eigenvalue weighted by Crippen LogP contribution is -2.08. The molecule has 0 spiro atoms. The normalized spacial score (nSPS) is 18.8. The van der Waals surface area contributed by atoms with Gasteiger partial charge in [-0.25, -0.2) is 0 Å². The van der Waals surface area contributed by atoms with E-state index in [9.17, 15) is 4.79 Å². The molecule has 1 heterocycles. The van der Waals surface area contributed by atoms with Crippen LogP contribution in [0.3, 0.4) is 0 Å². The van der Waals surface area contributed by atoms with Gasteiger partial charge in [0.15, 0.2) is 5.82 Å². The van der Waals surface area contributed by atoms with Crippen LogP contribution in [0.25, 0.3) is 0 Å². The van der Waals surface area contributed by atoms with Crippen molar-refractivity contribution in [3.63, 3.8) is 0 Å². The van der Waals surface area contributed by atoms with Crippen molar-refractivity contribution in [3.05, 3.63) is 11.7 Å². The first-order valence-corrected chi connectivity index (χ1v) is 7.66. The van der Waals surface area contributed by atoms with Crippen LogP contribution >= 0.6 is 11.8 Å². The molecular weight excluding hydrogens is 248 g/mol. The standard InChI is InChI=1S/C13H20N2O2S/c1-9(10(2)16)13-14-12(15-17-13)8-18-11-6-4-3-5-7-11/h9,11H,3-8H2,1-2H3. The molecule has 1 aliphatic rings. The van der Waals surface area contributed by atoms with Crippen LogP contribution in [0.15, 0.2) is 4.52 Å². The van der Waals surface area contributed by atoms with E-state index in [4.69, 9.17) is 4.52 Å². The van der Waals surface area contributed by atoms with Crippen LogP contribution in [-0.2, 0) is 10.5 Å². The Bertz CT molecular complexity index is 399. The predicted molar refractivity (Wildman–Crippen MR) is 71.6 cm³/mol. The molecule has 2 rings (SSSR count). The van der Waals surface area contributed by atoms with Crippen molar-refractivity contribution >= 4 is 17.5 Å². The monoisotopic (exact) mass is 268 g/mol. The summed E-state index contributed by atoms with van der Waals surface area (Å²) in [7, 11) is 0. The molecule has 1 fully saturated rings. The lowest BCUT2D eigenvalue weighted by molar-refractivity contribution is -0.118. The number of thioether (sulfide) groups is 1. The van der Waals surface area contributed by atoms with Gasteiger partial charge >= 0.3 is 0 Å². The Labute approximate surface area is 112 Å². The van der Waals surface area contributed by atoms with Gasteiger partial charge in [0, 0.05) is 5.25 Å². The average molecular weight is 268 g/mol. The Morgan fingerprint density at radius 3 is 2.83 bits per heavy atom. The highest BCUT2D eigenvalue weighted by Gasteiger charge is 2.19. The lowest BCUT2D eigenvalue weighted by atomic mass is 10.0. The Hall–Kier alpha value is -0.840. The van der Waals surface area contributed by atoms with Crippen molar-refractivity contribution in [1.29, 1.82) is 0 Å². The molecule has 0 aliphatic heterocycles. The highest BCUT2D eigenvalue weighted by atomic mass is 32.2. The van der Waals surface area contributed by atoms with E-state index < -0.39 is 0 Å². The van der Waals surface area contributed by atoms with Crippen molar-refractivity contribution in [1.82, 2.24) is 10.1 Å². The minimum absolute atomic E-state index is 0.0603. The van der Waals surface area contributed by atoms with Crippen LogP contribution in [0, 0.1) is 0 Å². The molecule has 0 radical (unpaired) electrons. The highest BCUT2D eigenvalue weighted by Crippen LogP contribution is 2.30. The number of hydrogen-bond donors (Lipinski definition) is 0. The molecule has 1 aromatic heterocycles. The number of rotatable bonds is 5. The van der Waals surface area contributed by atoms with Crippen molar-refractivity contribution < 1.29 is 9.32 Å². The quantitative estimate of drug-likeness (QED) is 0.820. The van der Waals surface area contributed by atoms with Crippen molar-refractivity contribution in [2.24, 2.45) is 0 Å². The van der Waals surface area contributed by atoms with Crippen molar-refractivity contribution in [3.8, 4) is 0 Å². The van der Waals surface area contributed by atoms with Gasteiger partial charge in [0.1, 0.15) is 5.78 Å². The molecule has 1 aromatic rings. The molecule has 0 bridgehead atoms. The first kappa shape index (κ1) is 13.6. The molecule has 0 aromatic carbocycles. The predicted octanol–water partition coefficient (Wildman–Crippen LogP) is 3.33. The molecule has 1 atom stereocenters. The fourth-order valence-electron chi connectivity index (χ4n) is 2.10. The van der Waals surface area contributed by atoms with E-state index >= 15 is 0 Å². The van der Waals surface area contributed by atoms with Gasteiger partial charge in [-0.05, 0) is 26.7 Å². The summed E-state index contributed by atoms with van der Waals surface area (Å²) in [6, 6.07) is 0. The van der Waals surface area contributed by atoms with Crippen LogP contribution in [0.5, 0.6) is 0 Å². The molecule has 0 amide bonds. The average Bonchev–Trinajstić information content (AvgIpc) is 2.85. The molecule has 18 heavy (non-hydrogen) atoms. The van der Waals surface area contributed by atoms with Gasteiger partial charge in [0.25, 0.3) is 0 Å². The zero-order chi connectivity index (χ0) is 13.0. The van der Waals surface area contributed by atoms with Crippen LogP contribution < -0.4 is 0 Å². The molecule has 0 saturated heterocycles. The van der Waals surface area contributed by atoms with Crippen molar-refractivity contribution in [2.75, 3.05) is 0 Å². The molecule has 100 valence electrons. The molecular formula is C13H20N2O2S. The van der Waals surface area contributed by atoms with E-state index in [0.29, 0.717) is 11.7 Å². The molecule has 5 heteroatoms. The summed E-state index contributed by atoms with van der Waals surface area (Å²) in [5.41, 5.74) is 0. The summed E-state index contributed by atoms with van der Waals surface area (Å²) in [6.45, 7) is 3.35. The fourth-order valence-corrected chi connectivity index (χ4v) is 3.27. The van der Waals surface area contributed by atoms with Gasteiger partial charge in [0.2, 0.25) is 5.89 Å². The number of aromatic nitrogens is 2. The van der Waals surface area contributed by atoms with E-state index in [0.717, 1.165) is 11.0 Å². The van der Waals surface area contributed by atoms with Crippen LogP contribution in [0.4, 0.5) is 0 Å². The number of hydrogen-bond acceptors (Lipinski definition) is 5. The third-order valence-corrected chi connectivity index (χ3v) is 4.83. The second kappa shape index (κ2) is 6.36. The second-order valence-corrected chi connectivity index (χ2v) is 6.24. The van der Waals surface area contributed by atoms with E-state index in [1.165, 1.54) is 32.1 Å². The Balaban J connectivity index is 1.84. The van der Waals surface area contributed by atoms with Crippen LogP contribution in [0.2, 0.25) is 0 Å². The largest absolute Gasteiger partial charge is 0.339 e. The van der Waals surface area contributed by atoms with Gasteiger partial charge < -0.3 is 4.52 Å². The third kappa shape index (κ3) is 3.57. The summed E-state index contributed by atoms with van der Waals surface area (Å²) >= 11 is 1.91. The smallest absolute Gasteiger partial charge is 0.236 e. The first-order valence-electron chi connectivity index (χ1n) is 6.61. The lowest BCUT2D eigenvalue weighted by Gasteiger charge is -2.19. The third-order valence-electron chi connectivity index (χ3n) is 3.46. The van der Waals surface area contributed by atoms with E-state index in [2.05, 4.69) is 10.1 Å². The topological polar surface area (TPSA) is 56.0 Å². The van der Waals surface area contributed by atoms with Gasteiger partial charge in [-0.2, -0.15) is 16.7 Å². The van der Waals surface area contributed by atoms with E-state index in [1.807, 2.05) is 11.8 Å². The summed E-state index contributed by atoms with van der Waals surface area (Å²) in [6.07, 6.45) is 6.67. The maximum Gasteiger partial charge on any atom is 0.236 e. The molecule has 1 aliphatic carbocycles. The summed E-state index contributed by atoms with van der Waals surface area (Å²) in [5.74, 6) is 1.73. The molecule has 1 saturated carbocycles. The van der Waals surface area contributed by atoms with Gasteiger partial charge in [0.05, 0.1) is 11.7 Å². The second-order valence-electron chi connectivity index (χ2n) is 4.95. The number of carbonyl (C=O) groups is 1. The minimum atomic E-state index is -0.286. The highest BCUT2D eigenvalue weighted by molar-refractivity contribution is 7.99. The number of Topliss-reactive ketones (excluding diaryl/α,β-unsaturated/α-hetero) is 1. The van der Waals surface area contributed by atoms with Gasteiger partial charge in [-0.3, -0.25) is 4.79 Å². The number of ketones is 1. The zero-order valence-electron chi connectivity index (χ0n) is 11.0. The van der Waals surface area contributed by atoms with Gasteiger partial charge in [-0.15, -0.1) is 0 Å². The molecule has 1 unspecified atom stereocenters. The van der Waals surface area contributed by atoms with E-state index in [-0.39, 0.29) is 11.7 Å². The van der Waals surface area contributed by atoms with E-state index in [1.54, 1.807) is 13.8 Å². The Morgan fingerprint density at radius 2 is 2.17 bits per heavy atom. The molecule has 4 nitrogen and oxygen atoms in total. The maximum atomic E-state index is 11.2. The van der Waals surface area contributed by atoms with Crippen molar-refractivity contribution in [2.45, 2.75) is 62.9 Å². The zero-order valence-corrected chi connectivity index (χ0v) is 11.8. The first-order chi connectivity index (χ1) is 8.66. The summed E-state index contributed by atoms with van der Waals surface area (Å²) < 4.78 is 5.13. The summed E-state index contributed by atoms with van der Waals surface area (Å²) in [5, 5.41) is 4.69. The van der Waals surface area contributed by atoms with Gasteiger partial charge in [-0.1, -0.05) is 24.4 Å². The SMILES string of the molecule is CC(=O)C(C)c1nc(CSC2CCCCC2)no1. The van der Waals surface area contributed by atoms with Crippen LogP contribution in [0.1, 0.15) is 63.6 Å². The Kier molecular flexibility index (Phi) is 4.80. The van der Waals surface area contributed by atoms with Crippen LogP contribution in [-0.4, -0.2) is 21.2 Å².